The maximum atomic E-state index is 12.4. The van der Waals surface area contributed by atoms with Crippen molar-refractivity contribution in [3.05, 3.63) is 46.9 Å². The quantitative estimate of drug-likeness (QED) is 0.585. The van der Waals surface area contributed by atoms with Crippen molar-refractivity contribution in [1.82, 2.24) is 9.88 Å². The normalized spacial score (nSPS) is 19.8. The number of nitrogens with zero attached hydrogens (tertiary/aromatic N) is 3. The van der Waals surface area contributed by atoms with Gasteiger partial charge in [-0.15, -0.1) is 0 Å². The van der Waals surface area contributed by atoms with Crippen molar-refractivity contribution in [2.24, 2.45) is 0 Å². The molecule has 2 saturated heterocycles. The predicted molar refractivity (Wildman–Crippen MR) is 111 cm³/mol. The third-order valence-electron chi connectivity index (χ3n) is 4.97. The van der Waals surface area contributed by atoms with Gasteiger partial charge < -0.3 is 15.1 Å². The summed E-state index contributed by atoms with van der Waals surface area (Å²) >= 11 is 1.65. The molecule has 0 aliphatic carbocycles. The summed E-state index contributed by atoms with van der Waals surface area (Å²) < 4.78 is 63.5. The van der Waals surface area contributed by atoms with E-state index in [-0.39, 0.29) is 5.91 Å². The van der Waals surface area contributed by atoms with Crippen LogP contribution in [0.2, 0.25) is 0 Å². The number of carbonyl (C=O) groups excluding carboxylic acids is 1. The van der Waals surface area contributed by atoms with Crippen LogP contribution in [0.1, 0.15) is 18.5 Å². The van der Waals surface area contributed by atoms with Gasteiger partial charge in [-0.2, -0.15) is 37.7 Å². The Labute approximate surface area is 198 Å². The Morgan fingerprint density at radius 1 is 1.03 bits per heavy atom. The standard InChI is InChI=1S/C16H17N3OS.2C2HF3O2/c20-16-9-15-14(19(16)13-5-8-21-11-13)4-7-18(15)10-12-3-1-2-6-17-12;2*3-2(4,5)1(6)7/h1-3,5-6,8,11,14-15H,4,7,9-10H2;2*(H,6,7)/t14-,15+;;/m1../s1. The highest BCUT2D eigenvalue weighted by Crippen LogP contribution is 2.37. The lowest BCUT2D eigenvalue weighted by Crippen LogP contribution is -2.37. The Balaban J connectivity index is 0.000000257. The van der Waals surface area contributed by atoms with E-state index in [0.29, 0.717) is 18.5 Å². The minimum Gasteiger partial charge on any atom is -0.475 e. The monoisotopic (exact) mass is 527 g/mol. The molecule has 4 rings (SSSR count). The Bertz CT molecular complexity index is 977. The van der Waals surface area contributed by atoms with Crippen LogP contribution in [0, 0.1) is 0 Å². The van der Waals surface area contributed by atoms with Crippen molar-refractivity contribution < 1.29 is 50.9 Å². The highest BCUT2D eigenvalue weighted by Gasteiger charge is 2.47. The molecule has 15 heteroatoms. The minimum atomic E-state index is -5.08. The second-order valence-electron chi connectivity index (χ2n) is 7.27. The van der Waals surface area contributed by atoms with Crippen molar-refractivity contribution in [3.63, 3.8) is 0 Å². The molecule has 2 fully saturated rings. The van der Waals surface area contributed by atoms with Crippen LogP contribution in [0.15, 0.2) is 41.2 Å². The molecule has 2 aromatic rings. The SMILES string of the molecule is O=C(O)C(F)(F)F.O=C(O)C(F)(F)F.O=C1C[C@H]2[C@@H](CCN2Cc2ccccn2)N1c1ccsc1. The topological polar surface area (TPSA) is 111 Å². The summed E-state index contributed by atoms with van der Waals surface area (Å²) in [5.74, 6) is -5.26. The Kier molecular flexibility index (Phi) is 9.20. The van der Waals surface area contributed by atoms with E-state index in [1.165, 1.54) is 0 Å². The number of likely N-dealkylation sites (tertiary alicyclic amines) is 1. The zero-order chi connectivity index (χ0) is 26.4. The molecule has 35 heavy (non-hydrogen) atoms. The molecule has 192 valence electrons. The highest BCUT2D eigenvalue weighted by atomic mass is 32.1. The van der Waals surface area contributed by atoms with Crippen LogP contribution in [0.3, 0.4) is 0 Å². The van der Waals surface area contributed by atoms with Gasteiger partial charge in [0.15, 0.2) is 0 Å². The summed E-state index contributed by atoms with van der Waals surface area (Å²) in [6, 6.07) is 8.73. The van der Waals surface area contributed by atoms with Crippen molar-refractivity contribution in [3.8, 4) is 0 Å². The summed E-state index contributed by atoms with van der Waals surface area (Å²) in [5, 5.41) is 18.4. The van der Waals surface area contributed by atoms with Crippen molar-refractivity contribution >= 4 is 34.9 Å². The van der Waals surface area contributed by atoms with Crippen LogP contribution >= 0.6 is 11.3 Å². The molecule has 4 heterocycles. The third kappa shape index (κ3) is 7.92. The first-order valence-electron chi connectivity index (χ1n) is 9.80. The van der Waals surface area contributed by atoms with Crippen LogP contribution in [0.5, 0.6) is 0 Å². The second-order valence-corrected chi connectivity index (χ2v) is 8.05. The largest absolute Gasteiger partial charge is 0.490 e. The van der Waals surface area contributed by atoms with Gasteiger partial charge in [0, 0.05) is 37.1 Å². The van der Waals surface area contributed by atoms with E-state index < -0.39 is 24.3 Å². The summed E-state index contributed by atoms with van der Waals surface area (Å²) in [4.78, 5) is 39.0. The van der Waals surface area contributed by atoms with Crippen molar-refractivity contribution in [2.75, 3.05) is 11.4 Å². The number of carboxylic acids is 2. The molecule has 2 aromatic heterocycles. The molecule has 1 amide bonds. The number of carbonyl (C=O) groups is 3. The van der Waals surface area contributed by atoms with E-state index in [1.54, 1.807) is 11.3 Å². The molecule has 0 saturated carbocycles. The third-order valence-corrected chi connectivity index (χ3v) is 5.64. The van der Waals surface area contributed by atoms with Crippen LogP contribution in [0.4, 0.5) is 32.0 Å². The molecule has 0 radical (unpaired) electrons. The number of carboxylic acid groups (broad SMARTS) is 2. The van der Waals surface area contributed by atoms with Gasteiger partial charge in [0.1, 0.15) is 0 Å². The van der Waals surface area contributed by atoms with Crippen molar-refractivity contribution in [2.45, 2.75) is 43.8 Å². The number of pyridine rings is 1. The van der Waals surface area contributed by atoms with Crippen LogP contribution in [-0.2, 0) is 20.9 Å². The number of anilines is 1. The molecule has 0 bridgehead atoms. The van der Waals surface area contributed by atoms with Gasteiger partial charge in [-0.05, 0) is 30.0 Å². The van der Waals surface area contributed by atoms with E-state index in [2.05, 4.69) is 21.3 Å². The minimum absolute atomic E-state index is 0.258. The zero-order valence-electron chi connectivity index (χ0n) is 17.7. The van der Waals surface area contributed by atoms with Crippen LogP contribution < -0.4 is 4.90 Å². The Morgan fingerprint density at radius 2 is 1.63 bits per heavy atom. The fourth-order valence-corrected chi connectivity index (χ4v) is 4.18. The molecule has 8 nitrogen and oxygen atoms in total. The van der Waals surface area contributed by atoms with Gasteiger partial charge >= 0.3 is 24.3 Å². The number of halogens is 6. The zero-order valence-corrected chi connectivity index (χ0v) is 18.5. The van der Waals surface area contributed by atoms with E-state index in [4.69, 9.17) is 19.8 Å². The molecule has 2 aliphatic heterocycles. The Hall–Kier alpha value is -3.20. The van der Waals surface area contributed by atoms with Gasteiger partial charge in [-0.25, -0.2) is 9.59 Å². The predicted octanol–water partition coefficient (Wildman–Crippen LogP) is 3.79. The summed E-state index contributed by atoms with van der Waals surface area (Å²) in [7, 11) is 0. The fraction of sp³-hybridized carbons (Fsp3) is 0.400. The number of thiophene rings is 1. The van der Waals surface area contributed by atoms with Gasteiger partial charge in [-0.1, -0.05) is 6.07 Å². The number of hydrogen-bond donors (Lipinski definition) is 2. The average molecular weight is 527 g/mol. The van der Waals surface area contributed by atoms with Crippen LogP contribution in [0.25, 0.3) is 0 Å². The first-order chi connectivity index (χ1) is 16.2. The first kappa shape index (κ1) is 28.0. The number of aromatic nitrogens is 1. The number of alkyl halides is 6. The van der Waals surface area contributed by atoms with E-state index in [0.717, 1.165) is 30.9 Å². The molecule has 0 spiro atoms. The summed E-state index contributed by atoms with van der Waals surface area (Å²) in [6.07, 6.45) is -6.65. The number of amides is 1. The fourth-order valence-electron chi connectivity index (χ4n) is 3.55. The second kappa shape index (κ2) is 11.5. The maximum Gasteiger partial charge on any atom is 0.490 e. The number of hydrogen-bond acceptors (Lipinski definition) is 6. The Morgan fingerprint density at radius 3 is 2.09 bits per heavy atom. The van der Waals surface area contributed by atoms with Crippen LogP contribution in [-0.4, -0.2) is 68.9 Å². The van der Waals surface area contributed by atoms with E-state index >= 15 is 0 Å². The summed E-state index contributed by atoms with van der Waals surface area (Å²) in [5.41, 5.74) is 2.15. The smallest absolute Gasteiger partial charge is 0.475 e. The van der Waals surface area contributed by atoms with E-state index in [9.17, 15) is 31.1 Å². The lowest BCUT2D eigenvalue weighted by molar-refractivity contribution is -0.193. The number of fused-ring (bicyclic) bond motifs is 1. The van der Waals surface area contributed by atoms with Gasteiger partial charge in [0.2, 0.25) is 5.91 Å². The first-order valence-corrected chi connectivity index (χ1v) is 10.7. The molecule has 2 atom stereocenters. The molecule has 2 aliphatic rings. The molecular formula is C20H19F6N3O5S. The lowest BCUT2D eigenvalue weighted by Gasteiger charge is -2.24. The van der Waals surface area contributed by atoms with Crippen molar-refractivity contribution in [1.29, 1.82) is 0 Å². The van der Waals surface area contributed by atoms with E-state index in [1.807, 2.05) is 34.7 Å². The molecule has 0 unspecified atom stereocenters. The molecule has 0 aromatic carbocycles. The number of rotatable bonds is 3. The maximum absolute atomic E-state index is 12.4. The summed E-state index contributed by atoms with van der Waals surface area (Å²) in [6.45, 7) is 1.88. The molecule has 2 N–H and O–H groups in total. The number of aliphatic carboxylic acids is 2. The van der Waals surface area contributed by atoms with Gasteiger partial charge in [0.25, 0.3) is 0 Å². The van der Waals surface area contributed by atoms with Gasteiger partial charge in [-0.3, -0.25) is 14.7 Å². The molecular weight excluding hydrogens is 508 g/mol. The van der Waals surface area contributed by atoms with Gasteiger partial charge in [0.05, 0.1) is 17.4 Å². The highest BCUT2D eigenvalue weighted by molar-refractivity contribution is 7.08. The average Bonchev–Trinajstić information content (AvgIpc) is 3.47. The lowest BCUT2D eigenvalue weighted by atomic mass is 10.1.